The minimum atomic E-state index is 0.413. The molecule has 3 heteroatoms. The molecule has 0 saturated carbocycles. The second-order valence-corrected chi connectivity index (χ2v) is 5.97. The maximum Gasteiger partial charge on any atom is 0.194 e. The van der Waals surface area contributed by atoms with E-state index in [0.29, 0.717) is 12.0 Å². The van der Waals surface area contributed by atoms with Crippen molar-refractivity contribution in [2.75, 3.05) is 19.6 Å². The van der Waals surface area contributed by atoms with E-state index in [1.165, 1.54) is 17.6 Å². The second kappa shape index (κ2) is 5.40. The minimum absolute atomic E-state index is 0.413. The van der Waals surface area contributed by atoms with E-state index in [1.54, 1.807) is 0 Å². The topological polar surface area (TPSA) is 27.6 Å². The number of hydrogen-bond acceptors (Lipinski definition) is 3. The summed E-state index contributed by atoms with van der Waals surface area (Å²) in [6, 6.07) is 11.3. The van der Waals surface area contributed by atoms with Crippen LogP contribution in [0.5, 0.6) is 0 Å². The van der Waals surface area contributed by atoms with Crippen molar-refractivity contribution < 1.29 is 0 Å². The highest BCUT2D eigenvalue weighted by Gasteiger charge is 2.36. The Morgan fingerprint density at radius 2 is 2.10 bits per heavy atom. The van der Waals surface area contributed by atoms with Crippen LogP contribution in [0.2, 0.25) is 0 Å². The summed E-state index contributed by atoms with van der Waals surface area (Å²) >= 11 is 0. The Kier molecular flexibility index (Phi) is 3.26. The summed E-state index contributed by atoms with van der Waals surface area (Å²) in [4.78, 5) is 6.95. The first-order valence-electron chi connectivity index (χ1n) is 7.89. The Morgan fingerprint density at radius 3 is 2.86 bits per heavy atom. The van der Waals surface area contributed by atoms with Gasteiger partial charge in [-0.2, -0.15) is 0 Å². The molecule has 21 heavy (non-hydrogen) atoms. The molecule has 4 rings (SSSR count). The van der Waals surface area contributed by atoms with E-state index in [-0.39, 0.29) is 0 Å². The van der Waals surface area contributed by atoms with Gasteiger partial charge in [0.25, 0.3) is 0 Å². The quantitative estimate of drug-likeness (QED) is 0.921. The van der Waals surface area contributed by atoms with E-state index in [4.69, 9.17) is 0 Å². The molecule has 3 nitrogen and oxygen atoms in total. The van der Waals surface area contributed by atoms with Gasteiger partial charge in [-0.3, -0.25) is 4.99 Å². The van der Waals surface area contributed by atoms with Crippen LogP contribution in [0.4, 0.5) is 0 Å². The fraction of sp³-hybridized carbons (Fsp3) is 0.389. The predicted molar refractivity (Wildman–Crippen MR) is 86.4 cm³/mol. The molecule has 1 aromatic rings. The molecule has 1 aliphatic carbocycles. The third kappa shape index (κ3) is 2.37. The molecule has 0 bridgehead atoms. The summed E-state index contributed by atoms with van der Waals surface area (Å²) in [7, 11) is 0. The normalized spacial score (nSPS) is 25.1. The van der Waals surface area contributed by atoms with E-state index in [0.717, 1.165) is 32.0 Å². The van der Waals surface area contributed by atoms with Gasteiger partial charge in [-0.1, -0.05) is 48.6 Å². The highest BCUT2D eigenvalue weighted by atomic mass is 15.4. The third-order valence-electron chi connectivity index (χ3n) is 4.61. The number of aliphatic imine (C=N–C) groups is 1. The van der Waals surface area contributed by atoms with Crippen molar-refractivity contribution in [1.29, 1.82) is 0 Å². The van der Waals surface area contributed by atoms with Crippen LogP contribution in [-0.2, 0) is 0 Å². The average molecular weight is 279 g/mol. The smallest absolute Gasteiger partial charge is 0.194 e. The molecular weight excluding hydrogens is 258 g/mol. The highest BCUT2D eigenvalue weighted by Crippen LogP contribution is 2.33. The SMILES string of the molecule is C1=CC(C(c2ccccc2)C2CN3CCN=C3N2)=CCC1. The van der Waals surface area contributed by atoms with Crippen molar-refractivity contribution in [2.45, 2.75) is 24.8 Å². The summed E-state index contributed by atoms with van der Waals surface area (Å²) in [5.74, 6) is 1.51. The fourth-order valence-corrected chi connectivity index (χ4v) is 3.62. The maximum absolute atomic E-state index is 4.56. The number of rotatable bonds is 3. The molecule has 0 radical (unpaired) electrons. The van der Waals surface area contributed by atoms with Gasteiger partial charge in [0.05, 0.1) is 12.6 Å². The van der Waals surface area contributed by atoms with Crippen LogP contribution in [-0.4, -0.2) is 36.5 Å². The molecule has 108 valence electrons. The van der Waals surface area contributed by atoms with Crippen LogP contribution in [0.15, 0.2) is 59.1 Å². The molecule has 1 saturated heterocycles. The molecule has 3 aliphatic rings. The van der Waals surface area contributed by atoms with Crippen molar-refractivity contribution in [1.82, 2.24) is 10.2 Å². The number of guanidine groups is 1. The lowest BCUT2D eigenvalue weighted by Crippen LogP contribution is -2.34. The standard InChI is InChI=1S/C18H21N3/c1-3-7-14(8-4-1)17(15-9-5-2-6-10-15)16-13-21-12-11-19-18(21)20-16/h1,3-5,7-10,16-17H,2,6,11-13H2,(H,19,20). The summed E-state index contributed by atoms with van der Waals surface area (Å²) in [6.07, 6.45) is 9.35. The van der Waals surface area contributed by atoms with Crippen LogP contribution in [0.1, 0.15) is 24.3 Å². The number of fused-ring (bicyclic) bond motifs is 1. The van der Waals surface area contributed by atoms with Gasteiger partial charge >= 0.3 is 0 Å². The van der Waals surface area contributed by atoms with Gasteiger partial charge in [0, 0.05) is 19.0 Å². The van der Waals surface area contributed by atoms with Gasteiger partial charge in [-0.05, 0) is 24.0 Å². The first-order chi connectivity index (χ1) is 10.4. The number of nitrogens with one attached hydrogen (secondary N) is 1. The molecule has 1 N–H and O–H groups in total. The van der Waals surface area contributed by atoms with Crippen molar-refractivity contribution in [3.63, 3.8) is 0 Å². The van der Waals surface area contributed by atoms with Gasteiger partial charge in [0.1, 0.15) is 0 Å². The zero-order valence-corrected chi connectivity index (χ0v) is 12.2. The summed E-state index contributed by atoms with van der Waals surface area (Å²) in [5.41, 5.74) is 2.85. The Bertz CT molecular complexity index is 600. The van der Waals surface area contributed by atoms with Crippen LogP contribution in [0, 0.1) is 0 Å². The first kappa shape index (κ1) is 12.7. The van der Waals surface area contributed by atoms with E-state index in [1.807, 2.05) is 0 Å². The van der Waals surface area contributed by atoms with Gasteiger partial charge in [-0.15, -0.1) is 0 Å². The van der Waals surface area contributed by atoms with Gasteiger partial charge in [-0.25, -0.2) is 0 Å². The molecule has 1 fully saturated rings. The minimum Gasteiger partial charge on any atom is -0.351 e. The number of hydrogen-bond donors (Lipinski definition) is 1. The monoisotopic (exact) mass is 279 g/mol. The number of benzene rings is 1. The van der Waals surface area contributed by atoms with Gasteiger partial charge in [0.15, 0.2) is 5.96 Å². The molecule has 2 heterocycles. The average Bonchev–Trinajstić information content (AvgIpc) is 3.11. The predicted octanol–water partition coefficient (Wildman–Crippen LogP) is 2.69. The lowest BCUT2D eigenvalue weighted by atomic mass is 9.82. The summed E-state index contributed by atoms with van der Waals surface area (Å²) in [5, 5.41) is 3.65. The Morgan fingerprint density at radius 1 is 1.19 bits per heavy atom. The molecule has 1 aromatic carbocycles. The molecule has 2 unspecified atom stereocenters. The van der Waals surface area contributed by atoms with Gasteiger partial charge < -0.3 is 10.2 Å². The first-order valence-corrected chi connectivity index (χ1v) is 7.89. The zero-order chi connectivity index (χ0) is 14.1. The molecule has 0 spiro atoms. The lowest BCUT2D eigenvalue weighted by molar-refractivity contribution is 0.439. The van der Waals surface area contributed by atoms with Crippen LogP contribution >= 0.6 is 0 Å². The molecule has 0 aromatic heterocycles. The summed E-state index contributed by atoms with van der Waals surface area (Å²) in [6.45, 7) is 3.06. The van der Waals surface area contributed by atoms with E-state index in [9.17, 15) is 0 Å². The number of allylic oxidation sites excluding steroid dienone is 3. The van der Waals surface area contributed by atoms with Crippen molar-refractivity contribution >= 4 is 5.96 Å². The Hall–Kier alpha value is -2.03. The molecule has 2 atom stereocenters. The third-order valence-corrected chi connectivity index (χ3v) is 4.61. The largest absolute Gasteiger partial charge is 0.351 e. The van der Waals surface area contributed by atoms with Crippen molar-refractivity contribution in [3.8, 4) is 0 Å². The zero-order valence-electron chi connectivity index (χ0n) is 12.2. The summed E-state index contributed by atoms with van der Waals surface area (Å²) < 4.78 is 0. The van der Waals surface area contributed by atoms with Crippen LogP contribution in [0.3, 0.4) is 0 Å². The Balaban J connectivity index is 1.67. The van der Waals surface area contributed by atoms with Crippen molar-refractivity contribution in [3.05, 3.63) is 59.7 Å². The van der Waals surface area contributed by atoms with E-state index >= 15 is 0 Å². The molecule has 2 aliphatic heterocycles. The lowest BCUT2D eigenvalue weighted by Gasteiger charge is -2.26. The van der Waals surface area contributed by atoms with Crippen molar-refractivity contribution in [2.24, 2.45) is 4.99 Å². The highest BCUT2D eigenvalue weighted by molar-refractivity contribution is 5.84. The van der Waals surface area contributed by atoms with Crippen LogP contribution in [0.25, 0.3) is 0 Å². The fourth-order valence-electron chi connectivity index (χ4n) is 3.62. The second-order valence-electron chi connectivity index (χ2n) is 5.97. The molecule has 0 amide bonds. The Labute approximate surface area is 126 Å². The molecular formula is C18H21N3. The maximum atomic E-state index is 4.56. The van der Waals surface area contributed by atoms with Gasteiger partial charge in [0.2, 0.25) is 0 Å². The van der Waals surface area contributed by atoms with E-state index in [2.05, 4.69) is 63.8 Å². The van der Waals surface area contributed by atoms with E-state index < -0.39 is 0 Å². The van der Waals surface area contributed by atoms with Crippen LogP contribution < -0.4 is 5.32 Å². The number of nitrogens with zero attached hydrogens (tertiary/aromatic N) is 2.